The van der Waals surface area contributed by atoms with Crippen molar-refractivity contribution in [1.29, 1.82) is 0 Å². The summed E-state index contributed by atoms with van der Waals surface area (Å²) in [6, 6.07) is 15.7. The SMILES string of the molecule is Clc1cccc(OCCSc2nnc(-c3c[nH]c4ccccc34)n2CC2CCCO2)c1. The van der Waals surface area contributed by atoms with E-state index in [1.54, 1.807) is 11.8 Å². The maximum atomic E-state index is 6.03. The Bertz CT molecular complexity index is 1170. The van der Waals surface area contributed by atoms with Crippen LogP contribution in [0, 0.1) is 0 Å². The first-order chi connectivity index (χ1) is 15.3. The molecule has 1 aliphatic rings. The lowest BCUT2D eigenvalue weighted by molar-refractivity contribution is 0.0953. The summed E-state index contributed by atoms with van der Waals surface area (Å²) in [6.07, 6.45) is 4.37. The fraction of sp³-hybridized carbons (Fsp3) is 0.304. The fourth-order valence-electron chi connectivity index (χ4n) is 3.86. The number of aromatic nitrogens is 4. The van der Waals surface area contributed by atoms with Crippen LogP contribution in [0.15, 0.2) is 59.9 Å². The normalized spacial score (nSPS) is 16.2. The number of thioether (sulfide) groups is 1. The van der Waals surface area contributed by atoms with E-state index in [1.807, 2.05) is 42.6 Å². The van der Waals surface area contributed by atoms with Crippen LogP contribution in [0.25, 0.3) is 22.3 Å². The van der Waals surface area contributed by atoms with Crippen molar-refractivity contribution in [3.8, 4) is 17.1 Å². The maximum absolute atomic E-state index is 6.03. The molecule has 3 heterocycles. The summed E-state index contributed by atoms with van der Waals surface area (Å²) < 4.78 is 13.9. The van der Waals surface area contributed by atoms with E-state index >= 15 is 0 Å². The van der Waals surface area contributed by atoms with E-state index in [4.69, 9.17) is 21.1 Å². The van der Waals surface area contributed by atoms with E-state index in [1.165, 1.54) is 0 Å². The number of fused-ring (bicyclic) bond motifs is 1. The van der Waals surface area contributed by atoms with Crippen molar-refractivity contribution < 1.29 is 9.47 Å². The number of rotatable bonds is 8. The zero-order valence-corrected chi connectivity index (χ0v) is 18.5. The Morgan fingerprint density at radius 2 is 2.13 bits per heavy atom. The third-order valence-corrected chi connectivity index (χ3v) is 6.50. The first-order valence-corrected chi connectivity index (χ1v) is 11.8. The average molecular weight is 455 g/mol. The number of hydrogen-bond donors (Lipinski definition) is 1. The Labute approximate surface area is 189 Å². The molecule has 0 saturated carbocycles. The van der Waals surface area contributed by atoms with E-state index in [2.05, 4.69) is 31.9 Å². The predicted molar refractivity (Wildman–Crippen MR) is 124 cm³/mol. The van der Waals surface area contributed by atoms with Crippen molar-refractivity contribution in [1.82, 2.24) is 19.7 Å². The molecule has 1 N–H and O–H groups in total. The third-order valence-electron chi connectivity index (χ3n) is 5.34. The number of nitrogens with one attached hydrogen (secondary N) is 1. The highest BCUT2D eigenvalue weighted by atomic mass is 35.5. The first kappa shape index (κ1) is 20.4. The minimum Gasteiger partial charge on any atom is -0.493 e. The molecule has 0 radical (unpaired) electrons. The van der Waals surface area contributed by atoms with Gasteiger partial charge in [0.15, 0.2) is 11.0 Å². The van der Waals surface area contributed by atoms with Crippen LogP contribution in [-0.2, 0) is 11.3 Å². The van der Waals surface area contributed by atoms with E-state index in [0.717, 1.165) is 64.9 Å². The fourth-order valence-corrected chi connectivity index (χ4v) is 4.80. The van der Waals surface area contributed by atoms with Gasteiger partial charge in [0.1, 0.15) is 5.75 Å². The second kappa shape index (κ2) is 9.34. The van der Waals surface area contributed by atoms with E-state index in [0.29, 0.717) is 11.6 Å². The van der Waals surface area contributed by atoms with Crippen LogP contribution < -0.4 is 4.74 Å². The molecule has 1 fully saturated rings. The van der Waals surface area contributed by atoms with Crippen molar-refractivity contribution in [3.05, 3.63) is 59.8 Å². The molecule has 2 aromatic carbocycles. The van der Waals surface area contributed by atoms with E-state index in [9.17, 15) is 0 Å². The number of benzene rings is 2. The van der Waals surface area contributed by atoms with Crippen molar-refractivity contribution in [3.63, 3.8) is 0 Å². The molecule has 4 aromatic rings. The number of H-pyrrole nitrogens is 1. The average Bonchev–Trinajstić information content (AvgIpc) is 3.52. The number of ether oxygens (including phenoxy) is 2. The van der Waals surface area contributed by atoms with Gasteiger partial charge >= 0.3 is 0 Å². The maximum Gasteiger partial charge on any atom is 0.191 e. The molecule has 1 unspecified atom stereocenters. The minimum atomic E-state index is 0.196. The lowest BCUT2D eigenvalue weighted by Crippen LogP contribution is -2.17. The van der Waals surface area contributed by atoms with Gasteiger partial charge in [0.05, 0.1) is 19.3 Å². The van der Waals surface area contributed by atoms with Crippen molar-refractivity contribution in [2.75, 3.05) is 19.0 Å². The van der Waals surface area contributed by atoms with Crippen LogP contribution in [0.4, 0.5) is 0 Å². The molecule has 0 aliphatic carbocycles. The lowest BCUT2D eigenvalue weighted by atomic mass is 10.1. The molecular weight excluding hydrogens is 432 g/mol. The van der Waals surface area contributed by atoms with Crippen LogP contribution >= 0.6 is 23.4 Å². The monoisotopic (exact) mass is 454 g/mol. The Morgan fingerprint density at radius 1 is 1.19 bits per heavy atom. The van der Waals surface area contributed by atoms with Gasteiger partial charge in [0, 0.05) is 40.0 Å². The number of aromatic amines is 1. The summed E-state index contributed by atoms with van der Waals surface area (Å²) in [5, 5.41) is 11.8. The third kappa shape index (κ3) is 4.59. The van der Waals surface area contributed by atoms with Gasteiger partial charge in [-0.25, -0.2) is 0 Å². The molecule has 0 spiro atoms. The molecule has 0 amide bonds. The highest BCUT2D eigenvalue weighted by molar-refractivity contribution is 7.99. The highest BCUT2D eigenvalue weighted by Crippen LogP contribution is 2.31. The van der Waals surface area contributed by atoms with Crippen molar-refractivity contribution in [2.24, 2.45) is 0 Å². The van der Waals surface area contributed by atoms with Gasteiger partial charge in [0.25, 0.3) is 0 Å². The highest BCUT2D eigenvalue weighted by Gasteiger charge is 2.23. The second-order valence-electron chi connectivity index (χ2n) is 7.45. The smallest absolute Gasteiger partial charge is 0.191 e. The van der Waals surface area contributed by atoms with Crippen molar-refractivity contribution in [2.45, 2.75) is 30.6 Å². The number of hydrogen-bond acceptors (Lipinski definition) is 5. The van der Waals surface area contributed by atoms with Crippen LogP contribution in [0.2, 0.25) is 5.02 Å². The number of nitrogens with zero attached hydrogens (tertiary/aromatic N) is 3. The molecule has 8 heteroatoms. The molecule has 1 atom stereocenters. The van der Waals surface area contributed by atoms with Crippen molar-refractivity contribution >= 4 is 34.3 Å². The van der Waals surface area contributed by atoms with Gasteiger partial charge in [-0.2, -0.15) is 0 Å². The van der Waals surface area contributed by atoms with Gasteiger partial charge in [-0.1, -0.05) is 47.6 Å². The largest absolute Gasteiger partial charge is 0.493 e. The number of halogens is 1. The van der Waals surface area contributed by atoms with Gasteiger partial charge in [-0.3, -0.25) is 4.57 Å². The van der Waals surface area contributed by atoms with E-state index < -0.39 is 0 Å². The van der Waals surface area contributed by atoms with Crippen LogP contribution in [-0.4, -0.2) is 44.8 Å². The Balaban J connectivity index is 1.35. The zero-order valence-electron chi connectivity index (χ0n) is 17.0. The van der Waals surface area contributed by atoms with Crippen LogP contribution in [0.3, 0.4) is 0 Å². The summed E-state index contributed by atoms with van der Waals surface area (Å²) in [5.41, 5.74) is 2.15. The quantitative estimate of drug-likeness (QED) is 0.284. The molecule has 1 aliphatic heterocycles. The molecular formula is C23H23ClN4O2S. The van der Waals surface area contributed by atoms with Crippen LogP contribution in [0.1, 0.15) is 12.8 Å². The standard InChI is InChI=1S/C23H23ClN4O2S/c24-16-5-3-6-17(13-16)30-11-12-31-23-27-26-22(28(23)15-18-7-4-10-29-18)20-14-25-21-9-2-1-8-19(20)21/h1-3,5-6,8-9,13-14,18,25H,4,7,10-12,15H2. The summed E-state index contributed by atoms with van der Waals surface area (Å²) >= 11 is 7.67. The lowest BCUT2D eigenvalue weighted by Gasteiger charge is -2.14. The Morgan fingerprint density at radius 3 is 3.00 bits per heavy atom. The molecule has 2 aromatic heterocycles. The van der Waals surface area contributed by atoms with Gasteiger partial charge < -0.3 is 14.5 Å². The minimum absolute atomic E-state index is 0.196. The predicted octanol–water partition coefficient (Wildman–Crippen LogP) is 5.43. The summed E-state index contributed by atoms with van der Waals surface area (Å²) in [4.78, 5) is 3.34. The molecule has 160 valence electrons. The molecule has 6 nitrogen and oxygen atoms in total. The topological polar surface area (TPSA) is 65.0 Å². The van der Waals surface area contributed by atoms with Gasteiger partial charge in [-0.05, 0) is 37.1 Å². The van der Waals surface area contributed by atoms with Gasteiger partial charge in [-0.15, -0.1) is 10.2 Å². The zero-order chi connectivity index (χ0) is 21.0. The van der Waals surface area contributed by atoms with E-state index in [-0.39, 0.29) is 6.10 Å². The summed E-state index contributed by atoms with van der Waals surface area (Å²) in [6.45, 7) is 2.13. The summed E-state index contributed by atoms with van der Waals surface area (Å²) in [7, 11) is 0. The second-order valence-corrected chi connectivity index (χ2v) is 8.95. The molecule has 31 heavy (non-hydrogen) atoms. The van der Waals surface area contributed by atoms with Crippen LogP contribution in [0.5, 0.6) is 5.75 Å². The molecule has 1 saturated heterocycles. The first-order valence-electron chi connectivity index (χ1n) is 10.4. The molecule has 0 bridgehead atoms. The van der Waals surface area contributed by atoms with Gasteiger partial charge in [0.2, 0.25) is 0 Å². The molecule has 5 rings (SSSR count). The number of para-hydroxylation sites is 1. The summed E-state index contributed by atoms with van der Waals surface area (Å²) in [5.74, 6) is 2.39. The Hall–Kier alpha value is -2.48. The Kier molecular flexibility index (Phi) is 6.15.